The first-order valence-electron chi connectivity index (χ1n) is 6.13. The zero-order valence-electron chi connectivity index (χ0n) is 10.4. The summed E-state index contributed by atoms with van der Waals surface area (Å²) in [5.41, 5.74) is 7.45. The van der Waals surface area contributed by atoms with Crippen LogP contribution in [0.3, 0.4) is 0 Å². The van der Waals surface area contributed by atoms with Crippen molar-refractivity contribution in [2.75, 3.05) is 12.3 Å². The van der Waals surface area contributed by atoms with Crippen molar-refractivity contribution in [2.24, 2.45) is 0 Å². The zero-order valence-corrected chi connectivity index (χ0v) is 11.2. The lowest BCUT2D eigenvalue weighted by Crippen LogP contribution is -2.03. The molecule has 2 aromatic heterocycles. The van der Waals surface area contributed by atoms with Crippen molar-refractivity contribution in [1.82, 2.24) is 4.98 Å². The number of ether oxygens (including phenoxy) is 1. The smallest absolute Gasteiger partial charge is 0.153 e. The molecule has 3 aromatic rings. The van der Waals surface area contributed by atoms with E-state index in [9.17, 15) is 0 Å². The third-order valence-corrected chi connectivity index (χ3v) is 3.86. The molecule has 3 nitrogen and oxygen atoms in total. The van der Waals surface area contributed by atoms with Gasteiger partial charge in [0.05, 0.1) is 24.0 Å². The van der Waals surface area contributed by atoms with E-state index in [4.69, 9.17) is 10.5 Å². The van der Waals surface area contributed by atoms with Gasteiger partial charge in [-0.3, -0.25) is 4.98 Å². The van der Waals surface area contributed by atoms with E-state index in [-0.39, 0.29) is 0 Å². The Morgan fingerprint density at radius 2 is 2.05 bits per heavy atom. The molecule has 0 bridgehead atoms. The van der Waals surface area contributed by atoms with E-state index in [1.54, 1.807) is 17.5 Å². The molecule has 2 heterocycles. The van der Waals surface area contributed by atoms with Crippen molar-refractivity contribution in [3.63, 3.8) is 0 Å². The van der Waals surface area contributed by atoms with E-state index in [1.807, 2.05) is 24.3 Å². The maximum Gasteiger partial charge on any atom is 0.153 e. The van der Waals surface area contributed by atoms with E-state index in [0.717, 1.165) is 23.1 Å². The lowest BCUT2D eigenvalue weighted by atomic mass is 10.2. The molecule has 0 radical (unpaired) electrons. The highest BCUT2D eigenvalue weighted by Gasteiger charge is 2.07. The predicted molar refractivity (Wildman–Crippen MR) is 79.7 cm³/mol. The van der Waals surface area contributed by atoms with Crippen LogP contribution in [0.1, 0.15) is 4.88 Å². The highest BCUT2D eigenvalue weighted by Crippen LogP contribution is 2.30. The van der Waals surface area contributed by atoms with Crippen LogP contribution in [0.4, 0.5) is 5.69 Å². The highest BCUT2D eigenvalue weighted by atomic mass is 32.1. The minimum atomic E-state index is 0.588. The number of para-hydroxylation sites is 1. The first kappa shape index (κ1) is 12.0. The summed E-state index contributed by atoms with van der Waals surface area (Å²) in [4.78, 5) is 5.61. The number of hydrogen-bond donors (Lipinski definition) is 1. The van der Waals surface area contributed by atoms with E-state index in [0.29, 0.717) is 12.3 Å². The molecule has 0 aliphatic carbocycles. The zero-order chi connectivity index (χ0) is 13.1. The number of pyridine rings is 1. The maximum absolute atomic E-state index is 5.96. The fraction of sp³-hybridized carbons (Fsp3) is 0.133. The highest BCUT2D eigenvalue weighted by molar-refractivity contribution is 7.09. The van der Waals surface area contributed by atoms with Gasteiger partial charge in [0.15, 0.2) is 5.75 Å². The van der Waals surface area contributed by atoms with Gasteiger partial charge in [0, 0.05) is 16.7 Å². The largest absolute Gasteiger partial charge is 0.490 e. The molecule has 19 heavy (non-hydrogen) atoms. The molecule has 0 amide bonds. The standard InChI is InChI=1S/C15H14N2OS/c16-13-10-17-14-6-2-1-5-12(14)15(13)18-8-7-11-4-3-9-19-11/h1-6,9-10H,7-8,16H2. The second-order valence-corrected chi connectivity index (χ2v) is 5.27. The van der Waals surface area contributed by atoms with Gasteiger partial charge in [-0.15, -0.1) is 11.3 Å². The molecule has 0 fully saturated rings. The van der Waals surface area contributed by atoms with Crippen molar-refractivity contribution in [2.45, 2.75) is 6.42 Å². The summed E-state index contributed by atoms with van der Waals surface area (Å²) in [6, 6.07) is 12.0. The number of nitrogens with zero attached hydrogens (tertiary/aromatic N) is 1. The van der Waals surface area contributed by atoms with Gasteiger partial charge in [-0.2, -0.15) is 0 Å². The molecule has 0 spiro atoms. The van der Waals surface area contributed by atoms with Crippen LogP contribution in [-0.4, -0.2) is 11.6 Å². The Balaban J connectivity index is 1.81. The van der Waals surface area contributed by atoms with Crippen molar-refractivity contribution in [3.05, 3.63) is 52.9 Å². The van der Waals surface area contributed by atoms with Crippen LogP contribution in [0.2, 0.25) is 0 Å². The molecular formula is C15H14N2OS. The molecule has 0 unspecified atom stereocenters. The number of nitrogen functional groups attached to an aromatic ring is 1. The maximum atomic E-state index is 5.96. The summed E-state index contributed by atoms with van der Waals surface area (Å²) in [7, 11) is 0. The van der Waals surface area contributed by atoms with E-state index < -0.39 is 0 Å². The van der Waals surface area contributed by atoms with Crippen LogP contribution >= 0.6 is 11.3 Å². The van der Waals surface area contributed by atoms with Gasteiger partial charge in [-0.25, -0.2) is 0 Å². The van der Waals surface area contributed by atoms with Crippen LogP contribution in [0.5, 0.6) is 5.75 Å². The molecule has 3 rings (SSSR count). The molecule has 0 atom stereocenters. The lowest BCUT2D eigenvalue weighted by Gasteiger charge is -2.11. The van der Waals surface area contributed by atoms with Gasteiger partial charge in [-0.1, -0.05) is 18.2 Å². The van der Waals surface area contributed by atoms with Gasteiger partial charge < -0.3 is 10.5 Å². The van der Waals surface area contributed by atoms with Crippen molar-refractivity contribution in [1.29, 1.82) is 0 Å². The monoisotopic (exact) mass is 270 g/mol. The molecule has 0 aliphatic rings. The molecule has 0 saturated heterocycles. The van der Waals surface area contributed by atoms with Crippen molar-refractivity contribution in [3.8, 4) is 5.75 Å². The SMILES string of the molecule is Nc1cnc2ccccc2c1OCCc1cccs1. The van der Waals surface area contributed by atoms with E-state index >= 15 is 0 Å². The Labute approximate surface area is 115 Å². The molecule has 1 aromatic carbocycles. The van der Waals surface area contributed by atoms with Crippen LogP contribution in [-0.2, 0) is 6.42 Å². The number of fused-ring (bicyclic) bond motifs is 1. The topological polar surface area (TPSA) is 48.1 Å². The summed E-state index contributed by atoms with van der Waals surface area (Å²) in [6.07, 6.45) is 2.55. The number of rotatable bonds is 4. The average Bonchev–Trinajstić information content (AvgIpc) is 2.94. The van der Waals surface area contributed by atoms with Gasteiger partial charge >= 0.3 is 0 Å². The Morgan fingerprint density at radius 3 is 2.89 bits per heavy atom. The number of nitrogens with two attached hydrogens (primary N) is 1. The molecule has 96 valence electrons. The summed E-state index contributed by atoms with van der Waals surface area (Å²) < 4.78 is 5.87. The van der Waals surface area contributed by atoms with Gasteiger partial charge in [0.1, 0.15) is 0 Å². The molecule has 0 saturated carbocycles. The number of benzene rings is 1. The number of aromatic nitrogens is 1. The molecule has 4 heteroatoms. The Morgan fingerprint density at radius 1 is 1.16 bits per heavy atom. The Hall–Kier alpha value is -2.07. The van der Waals surface area contributed by atoms with Crippen LogP contribution in [0, 0.1) is 0 Å². The van der Waals surface area contributed by atoms with Crippen LogP contribution in [0.25, 0.3) is 10.9 Å². The fourth-order valence-electron chi connectivity index (χ4n) is 2.00. The summed E-state index contributed by atoms with van der Waals surface area (Å²) in [6.45, 7) is 0.624. The second-order valence-electron chi connectivity index (χ2n) is 4.24. The summed E-state index contributed by atoms with van der Waals surface area (Å²) in [5.74, 6) is 0.738. The summed E-state index contributed by atoms with van der Waals surface area (Å²) >= 11 is 1.74. The van der Waals surface area contributed by atoms with Gasteiger partial charge in [0.2, 0.25) is 0 Å². The van der Waals surface area contributed by atoms with E-state index in [2.05, 4.69) is 22.5 Å². The number of thiophene rings is 1. The fourth-order valence-corrected chi connectivity index (χ4v) is 2.69. The van der Waals surface area contributed by atoms with Crippen molar-refractivity contribution >= 4 is 27.9 Å². The minimum absolute atomic E-state index is 0.588. The number of anilines is 1. The quantitative estimate of drug-likeness (QED) is 0.789. The predicted octanol–water partition coefficient (Wildman–Crippen LogP) is 3.50. The van der Waals surface area contributed by atoms with Gasteiger partial charge in [0.25, 0.3) is 0 Å². The average molecular weight is 270 g/mol. The Kier molecular flexibility index (Phi) is 3.33. The molecule has 2 N–H and O–H groups in total. The van der Waals surface area contributed by atoms with Crippen LogP contribution in [0.15, 0.2) is 48.0 Å². The van der Waals surface area contributed by atoms with Crippen LogP contribution < -0.4 is 10.5 Å². The Bertz CT molecular complexity index is 680. The third kappa shape index (κ3) is 2.53. The normalized spacial score (nSPS) is 10.7. The number of hydrogen-bond acceptors (Lipinski definition) is 4. The second kappa shape index (κ2) is 5.28. The minimum Gasteiger partial charge on any atom is -0.490 e. The lowest BCUT2D eigenvalue weighted by molar-refractivity contribution is 0.328. The van der Waals surface area contributed by atoms with Crippen molar-refractivity contribution < 1.29 is 4.74 Å². The van der Waals surface area contributed by atoms with Gasteiger partial charge in [-0.05, 0) is 23.6 Å². The first-order valence-corrected chi connectivity index (χ1v) is 7.01. The van der Waals surface area contributed by atoms with E-state index in [1.165, 1.54) is 4.88 Å². The summed E-state index contributed by atoms with van der Waals surface area (Å²) in [5, 5.41) is 3.04. The molecule has 0 aliphatic heterocycles. The first-order chi connectivity index (χ1) is 9.34. The third-order valence-electron chi connectivity index (χ3n) is 2.93. The molecular weight excluding hydrogens is 256 g/mol.